The first-order valence-electron chi connectivity index (χ1n) is 10.4. The molecule has 0 spiro atoms. The zero-order valence-electron chi connectivity index (χ0n) is 18.3. The second kappa shape index (κ2) is 7.75. The van der Waals surface area contributed by atoms with Crippen molar-refractivity contribution in [3.05, 3.63) is 41.6 Å². The molecule has 1 aromatic heterocycles. The molecule has 3 rings (SSSR count). The van der Waals surface area contributed by atoms with Gasteiger partial charge in [0.2, 0.25) is 0 Å². The van der Waals surface area contributed by atoms with E-state index in [0.29, 0.717) is 12.3 Å². The highest BCUT2D eigenvalue weighted by Gasteiger charge is 2.21. The molecule has 1 saturated heterocycles. The van der Waals surface area contributed by atoms with Crippen LogP contribution in [-0.4, -0.2) is 28.7 Å². The summed E-state index contributed by atoms with van der Waals surface area (Å²) in [6.07, 6.45) is 4.38. The van der Waals surface area contributed by atoms with E-state index < -0.39 is 0 Å². The van der Waals surface area contributed by atoms with Crippen molar-refractivity contribution >= 4 is 5.82 Å². The Bertz CT molecular complexity index is 807. The van der Waals surface area contributed by atoms with Crippen molar-refractivity contribution < 1.29 is 5.11 Å². The molecular weight excluding hydrogens is 346 g/mol. The number of pyridine rings is 1. The lowest BCUT2D eigenvalue weighted by Crippen LogP contribution is -2.35. The third-order valence-corrected chi connectivity index (χ3v) is 5.35. The minimum atomic E-state index is -0.0106. The zero-order valence-corrected chi connectivity index (χ0v) is 18.3. The molecule has 28 heavy (non-hydrogen) atoms. The number of hydrogen-bond acceptors (Lipinski definition) is 4. The van der Waals surface area contributed by atoms with Crippen molar-refractivity contribution in [3.63, 3.8) is 0 Å². The summed E-state index contributed by atoms with van der Waals surface area (Å²) < 4.78 is 0. The summed E-state index contributed by atoms with van der Waals surface area (Å²) in [5.41, 5.74) is 3.96. The molecule has 1 fully saturated rings. The number of phenols is 1. The van der Waals surface area contributed by atoms with Crippen LogP contribution < -0.4 is 10.2 Å². The van der Waals surface area contributed by atoms with Gasteiger partial charge in [-0.1, -0.05) is 26.8 Å². The van der Waals surface area contributed by atoms with Crippen LogP contribution in [0.25, 0.3) is 11.1 Å². The van der Waals surface area contributed by atoms with Crippen LogP contribution in [-0.2, 0) is 12.0 Å². The summed E-state index contributed by atoms with van der Waals surface area (Å²) in [5, 5.41) is 14.5. The van der Waals surface area contributed by atoms with E-state index in [1.807, 2.05) is 6.20 Å². The molecule has 4 nitrogen and oxygen atoms in total. The third kappa shape index (κ3) is 4.85. The molecule has 0 amide bonds. The molecule has 1 aliphatic heterocycles. The van der Waals surface area contributed by atoms with Gasteiger partial charge in [-0.15, -0.1) is 0 Å². The monoisotopic (exact) mass is 381 g/mol. The van der Waals surface area contributed by atoms with E-state index in [-0.39, 0.29) is 11.0 Å². The predicted molar refractivity (Wildman–Crippen MR) is 118 cm³/mol. The minimum Gasteiger partial charge on any atom is -0.507 e. The van der Waals surface area contributed by atoms with Gasteiger partial charge in [-0.05, 0) is 62.8 Å². The molecule has 1 aliphatic rings. The highest BCUT2D eigenvalue weighted by Crippen LogP contribution is 2.37. The molecule has 1 aromatic carbocycles. The first kappa shape index (κ1) is 20.7. The smallest absolute Gasteiger partial charge is 0.128 e. The molecule has 4 heteroatoms. The van der Waals surface area contributed by atoms with E-state index >= 15 is 0 Å². The highest BCUT2D eigenvalue weighted by atomic mass is 16.3. The van der Waals surface area contributed by atoms with Gasteiger partial charge in [-0.25, -0.2) is 4.98 Å². The fourth-order valence-corrected chi connectivity index (χ4v) is 3.52. The number of rotatable bonds is 4. The lowest BCUT2D eigenvalue weighted by molar-refractivity contribution is 0.411. The van der Waals surface area contributed by atoms with Crippen molar-refractivity contribution in [1.82, 2.24) is 10.3 Å². The molecule has 0 bridgehead atoms. The summed E-state index contributed by atoms with van der Waals surface area (Å²) in [6, 6.07) is 8.41. The van der Waals surface area contributed by atoms with E-state index in [1.54, 1.807) is 0 Å². The van der Waals surface area contributed by atoms with Gasteiger partial charge in [0.1, 0.15) is 11.6 Å². The number of nitrogens with one attached hydrogen (secondary N) is 1. The standard InChI is InChI=1S/C24H35N3O/c1-23(2,3)19-13-18(16-26-24(4,5)6)22(28)20(14-19)17-9-10-21(25-15-17)27-11-7-8-12-27/h9-10,13-15,26,28H,7-8,11-12,16H2,1-6H3. The Kier molecular flexibility index (Phi) is 5.72. The summed E-state index contributed by atoms with van der Waals surface area (Å²) >= 11 is 0. The fraction of sp³-hybridized carbons (Fsp3) is 0.542. The lowest BCUT2D eigenvalue weighted by Gasteiger charge is -2.25. The van der Waals surface area contributed by atoms with Gasteiger partial charge < -0.3 is 15.3 Å². The second-order valence-corrected chi connectivity index (χ2v) is 9.98. The van der Waals surface area contributed by atoms with Crippen molar-refractivity contribution in [2.75, 3.05) is 18.0 Å². The Morgan fingerprint density at radius 2 is 1.71 bits per heavy atom. The Labute approximate surface area is 170 Å². The number of phenolic OH excluding ortho intramolecular Hbond substituents is 1. The van der Waals surface area contributed by atoms with Crippen LogP contribution >= 0.6 is 0 Å². The topological polar surface area (TPSA) is 48.4 Å². The molecule has 0 saturated carbocycles. The lowest BCUT2D eigenvalue weighted by atomic mass is 9.83. The number of nitrogens with zero attached hydrogens (tertiary/aromatic N) is 2. The van der Waals surface area contributed by atoms with E-state index in [9.17, 15) is 5.11 Å². The second-order valence-electron chi connectivity index (χ2n) is 9.98. The van der Waals surface area contributed by atoms with Crippen LogP contribution in [0.4, 0.5) is 5.82 Å². The normalized spacial score (nSPS) is 15.3. The predicted octanol–water partition coefficient (Wildman–Crippen LogP) is 5.24. The van der Waals surface area contributed by atoms with Crippen molar-refractivity contribution in [3.8, 4) is 16.9 Å². The Morgan fingerprint density at radius 3 is 2.25 bits per heavy atom. The quantitative estimate of drug-likeness (QED) is 0.760. The van der Waals surface area contributed by atoms with Gasteiger partial charge in [-0.2, -0.15) is 0 Å². The molecule has 0 radical (unpaired) electrons. The number of anilines is 1. The Morgan fingerprint density at radius 1 is 1.04 bits per heavy atom. The Hall–Kier alpha value is -2.07. The first-order chi connectivity index (χ1) is 13.0. The van der Waals surface area contributed by atoms with E-state index in [1.165, 1.54) is 18.4 Å². The van der Waals surface area contributed by atoms with Crippen LogP contribution in [0.2, 0.25) is 0 Å². The maximum Gasteiger partial charge on any atom is 0.128 e. The molecule has 0 aliphatic carbocycles. The van der Waals surface area contributed by atoms with Crippen molar-refractivity contribution in [2.45, 2.75) is 71.9 Å². The summed E-state index contributed by atoms with van der Waals surface area (Å²) in [5.74, 6) is 1.38. The molecule has 2 heterocycles. The Balaban J connectivity index is 1.98. The van der Waals surface area contributed by atoms with E-state index in [4.69, 9.17) is 0 Å². The van der Waals surface area contributed by atoms with Gasteiger partial charge in [-0.3, -0.25) is 0 Å². The van der Waals surface area contributed by atoms with E-state index in [2.05, 4.69) is 81.0 Å². The van der Waals surface area contributed by atoms with Gasteiger partial charge in [0.05, 0.1) is 0 Å². The summed E-state index contributed by atoms with van der Waals surface area (Å²) in [6.45, 7) is 15.8. The van der Waals surface area contributed by atoms with Gasteiger partial charge in [0, 0.05) is 48.1 Å². The van der Waals surface area contributed by atoms with Crippen molar-refractivity contribution in [2.24, 2.45) is 0 Å². The summed E-state index contributed by atoms with van der Waals surface area (Å²) in [4.78, 5) is 7.01. The van der Waals surface area contributed by atoms with Crippen LogP contribution in [0.1, 0.15) is 65.5 Å². The van der Waals surface area contributed by atoms with Gasteiger partial charge in [0.25, 0.3) is 0 Å². The number of benzene rings is 1. The van der Waals surface area contributed by atoms with Crippen LogP contribution in [0.3, 0.4) is 0 Å². The summed E-state index contributed by atoms with van der Waals surface area (Å²) in [7, 11) is 0. The van der Waals surface area contributed by atoms with Gasteiger partial charge in [0.15, 0.2) is 0 Å². The van der Waals surface area contributed by atoms with Crippen LogP contribution in [0.5, 0.6) is 5.75 Å². The maximum atomic E-state index is 11.0. The molecular formula is C24H35N3O. The highest BCUT2D eigenvalue weighted by molar-refractivity contribution is 5.73. The fourth-order valence-electron chi connectivity index (χ4n) is 3.52. The number of hydrogen-bond donors (Lipinski definition) is 2. The molecule has 2 N–H and O–H groups in total. The molecule has 0 unspecified atom stereocenters. The minimum absolute atomic E-state index is 0.00184. The van der Waals surface area contributed by atoms with Crippen LogP contribution in [0.15, 0.2) is 30.5 Å². The SMILES string of the molecule is CC(C)(C)NCc1cc(C(C)(C)C)cc(-c2ccc(N3CCCC3)nc2)c1O. The van der Waals surface area contributed by atoms with Crippen molar-refractivity contribution in [1.29, 1.82) is 0 Å². The number of aromatic nitrogens is 1. The average Bonchev–Trinajstić information content (AvgIpc) is 3.14. The molecule has 152 valence electrons. The molecule has 2 aromatic rings. The zero-order chi connectivity index (χ0) is 20.5. The van der Waals surface area contributed by atoms with Gasteiger partial charge >= 0.3 is 0 Å². The first-order valence-corrected chi connectivity index (χ1v) is 10.4. The third-order valence-electron chi connectivity index (χ3n) is 5.35. The number of aromatic hydroxyl groups is 1. The average molecular weight is 382 g/mol. The maximum absolute atomic E-state index is 11.0. The largest absolute Gasteiger partial charge is 0.507 e. The van der Waals surface area contributed by atoms with E-state index in [0.717, 1.165) is 35.6 Å². The van der Waals surface area contributed by atoms with Crippen LogP contribution in [0, 0.1) is 0 Å². The molecule has 0 atom stereocenters.